The molecule has 0 spiro atoms. The van der Waals surface area contributed by atoms with Gasteiger partial charge in [0.05, 0.1) is 11.2 Å². The fourth-order valence-corrected chi connectivity index (χ4v) is 4.16. The van der Waals surface area contributed by atoms with Crippen molar-refractivity contribution >= 4 is 0 Å². The highest BCUT2D eigenvalue weighted by atomic mass is 17.3. The average Bonchev–Trinajstić information content (AvgIpc) is 2.60. The van der Waals surface area contributed by atoms with E-state index in [-0.39, 0.29) is 22.5 Å². The van der Waals surface area contributed by atoms with E-state index < -0.39 is 5.79 Å². The number of hydrogen-bond acceptors (Lipinski definition) is 4. The first kappa shape index (κ1) is 26.9. The normalized spacial score (nSPS) is 22.0. The van der Waals surface area contributed by atoms with E-state index in [2.05, 4.69) is 62.3 Å². The van der Waals surface area contributed by atoms with Crippen LogP contribution in [0.25, 0.3) is 0 Å². The van der Waals surface area contributed by atoms with Crippen LogP contribution in [0, 0.1) is 11.3 Å². The van der Waals surface area contributed by atoms with Crippen molar-refractivity contribution < 1.29 is 19.6 Å². The van der Waals surface area contributed by atoms with E-state index in [0.717, 1.165) is 44.9 Å². The van der Waals surface area contributed by atoms with Gasteiger partial charge < -0.3 is 0 Å². The van der Waals surface area contributed by atoms with Crippen LogP contribution in [0.3, 0.4) is 0 Å². The van der Waals surface area contributed by atoms with Crippen LogP contribution >= 0.6 is 0 Å². The van der Waals surface area contributed by atoms with E-state index in [9.17, 15) is 0 Å². The zero-order chi connectivity index (χ0) is 22.2. The number of hydrogen-bond donors (Lipinski definition) is 0. The van der Waals surface area contributed by atoms with Crippen LogP contribution in [0.15, 0.2) is 0 Å². The largest absolute Gasteiger partial charge is 0.236 e. The van der Waals surface area contributed by atoms with Crippen molar-refractivity contribution in [3.63, 3.8) is 0 Å². The van der Waals surface area contributed by atoms with Crippen LogP contribution < -0.4 is 0 Å². The van der Waals surface area contributed by atoms with Gasteiger partial charge in [-0.05, 0) is 58.8 Å². The Hall–Kier alpha value is -0.160. The summed E-state index contributed by atoms with van der Waals surface area (Å²) in [5.74, 6) is -0.663. The van der Waals surface area contributed by atoms with E-state index in [4.69, 9.17) is 19.6 Å². The van der Waals surface area contributed by atoms with E-state index in [1.807, 2.05) is 0 Å². The monoisotopic (exact) mass is 414 g/mol. The third-order valence-electron chi connectivity index (χ3n) is 6.34. The summed E-state index contributed by atoms with van der Waals surface area (Å²) in [5.41, 5.74) is -0.396. The Bertz CT molecular complexity index is 430. The molecule has 0 aromatic rings. The lowest BCUT2D eigenvalue weighted by Gasteiger charge is -2.47. The minimum atomic E-state index is -0.848. The lowest BCUT2D eigenvalue weighted by molar-refractivity contribution is -0.559. The van der Waals surface area contributed by atoms with Gasteiger partial charge in [-0.2, -0.15) is 9.78 Å². The second-order valence-electron chi connectivity index (χ2n) is 11.3. The second kappa shape index (κ2) is 11.5. The molecule has 0 heterocycles. The molecule has 0 bridgehead atoms. The van der Waals surface area contributed by atoms with Gasteiger partial charge in [0.15, 0.2) is 0 Å². The summed E-state index contributed by atoms with van der Waals surface area (Å²) in [6, 6.07) is 0. The van der Waals surface area contributed by atoms with Crippen molar-refractivity contribution in [3.05, 3.63) is 0 Å². The maximum absolute atomic E-state index is 6.15. The summed E-state index contributed by atoms with van der Waals surface area (Å²) in [6.07, 6.45) is 11.9. The quantitative estimate of drug-likeness (QED) is 0.124. The molecule has 1 aliphatic rings. The molecule has 4 heteroatoms. The van der Waals surface area contributed by atoms with Gasteiger partial charge in [-0.1, -0.05) is 73.1 Å². The molecule has 1 fully saturated rings. The van der Waals surface area contributed by atoms with Gasteiger partial charge in [-0.25, -0.2) is 9.78 Å². The first-order valence-corrected chi connectivity index (χ1v) is 12.1. The fraction of sp³-hybridized carbons (Fsp3) is 1.00. The molecule has 29 heavy (non-hydrogen) atoms. The zero-order valence-electron chi connectivity index (χ0n) is 21.0. The molecule has 1 rings (SSSR count). The molecule has 1 atom stereocenters. The lowest BCUT2D eigenvalue weighted by atomic mass is 9.70. The maximum atomic E-state index is 6.15. The van der Waals surface area contributed by atoms with Crippen molar-refractivity contribution in [1.29, 1.82) is 0 Å². The number of rotatable bonds is 14. The average molecular weight is 415 g/mol. The molecular formula is C25H50O4. The first-order chi connectivity index (χ1) is 13.4. The molecule has 4 nitrogen and oxygen atoms in total. The minimum Gasteiger partial charge on any atom is -0.228 e. The molecule has 0 aromatic heterocycles. The van der Waals surface area contributed by atoms with Gasteiger partial charge in [0, 0.05) is 12.3 Å². The Morgan fingerprint density at radius 2 is 1.21 bits per heavy atom. The third kappa shape index (κ3) is 9.67. The van der Waals surface area contributed by atoms with E-state index in [1.165, 1.54) is 25.7 Å². The SMILES string of the molecule is CCCCCC(C)(C)OOC1(OOC(C)(C)CCCCC)CCC(C)(C)CC1C. The highest BCUT2D eigenvalue weighted by molar-refractivity contribution is 4.89. The molecule has 1 saturated carbocycles. The predicted octanol–water partition coefficient (Wildman–Crippen LogP) is 8.14. The van der Waals surface area contributed by atoms with Gasteiger partial charge in [-0.15, -0.1) is 0 Å². The highest BCUT2D eigenvalue weighted by Gasteiger charge is 2.50. The van der Waals surface area contributed by atoms with E-state index in [0.29, 0.717) is 0 Å². The molecule has 0 aliphatic heterocycles. The fourth-order valence-electron chi connectivity index (χ4n) is 4.16. The lowest BCUT2D eigenvalue weighted by Crippen LogP contribution is -2.51. The molecule has 1 unspecified atom stereocenters. The van der Waals surface area contributed by atoms with Crippen molar-refractivity contribution in [2.24, 2.45) is 11.3 Å². The highest BCUT2D eigenvalue weighted by Crippen LogP contribution is 2.47. The first-order valence-electron chi connectivity index (χ1n) is 12.1. The van der Waals surface area contributed by atoms with Crippen molar-refractivity contribution in [2.45, 2.75) is 150 Å². The molecule has 1 aliphatic carbocycles. The second-order valence-corrected chi connectivity index (χ2v) is 11.3. The molecule has 0 amide bonds. The number of unbranched alkanes of at least 4 members (excludes halogenated alkanes) is 4. The summed E-state index contributed by atoms with van der Waals surface area (Å²) in [6.45, 7) is 19.7. The Labute approximate surface area is 181 Å². The minimum absolute atomic E-state index is 0.184. The third-order valence-corrected chi connectivity index (χ3v) is 6.34. The van der Waals surface area contributed by atoms with Crippen molar-refractivity contribution in [2.75, 3.05) is 0 Å². The van der Waals surface area contributed by atoms with Crippen molar-refractivity contribution in [1.82, 2.24) is 0 Å². The zero-order valence-corrected chi connectivity index (χ0v) is 21.0. The molecular weight excluding hydrogens is 364 g/mol. The molecule has 0 aromatic carbocycles. The Morgan fingerprint density at radius 1 is 0.759 bits per heavy atom. The van der Waals surface area contributed by atoms with Crippen LogP contribution in [0.1, 0.15) is 133 Å². The van der Waals surface area contributed by atoms with Crippen molar-refractivity contribution in [3.8, 4) is 0 Å². The van der Waals surface area contributed by atoms with Gasteiger partial charge in [-0.3, -0.25) is 0 Å². The van der Waals surface area contributed by atoms with Crippen LogP contribution in [0.4, 0.5) is 0 Å². The summed E-state index contributed by atoms with van der Waals surface area (Å²) >= 11 is 0. The molecule has 174 valence electrons. The summed E-state index contributed by atoms with van der Waals surface area (Å²) < 4.78 is 0. The molecule has 0 radical (unpaired) electrons. The Kier molecular flexibility index (Phi) is 10.6. The van der Waals surface area contributed by atoms with Crippen LogP contribution in [0.2, 0.25) is 0 Å². The van der Waals surface area contributed by atoms with Crippen LogP contribution in [-0.2, 0) is 19.6 Å². The van der Waals surface area contributed by atoms with Gasteiger partial charge in [0.25, 0.3) is 0 Å². The Morgan fingerprint density at radius 3 is 1.59 bits per heavy atom. The van der Waals surface area contributed by atoms with Gasteiger partial charge in [0.1, 0.15) is 0 Å². The Balaban J connectivity index is 2.80. The summed E-state index contributed by atoms with van der Waals surface area (Å²) in [4.78, 5) is 24.3. The maximum Gasteiger partial charge on any atom is 0.236 e. The predicted molar refractivity (Wildman–Crippen MR) is 120 cm³/mol. The van der Waals surface area contributed by atoms with Crippen LogP contribution in [-0.4, -0.2) is 17.0 Å². The van der Waals surface area contributed by atoms with Crippen LogP contribution in [0.5, 0.6) is 0 Å². The smallest absolute Gasteiger partial charge is 0.228 e. The molecule has 0 saturated heterocycles. The standard InChI is InChI=1S/C25H50O4/c1-10-12-14-16-23(6,7)26-28-25(19-18-22(4,5)20-21(25)3)29-27-24(8,9)17-15-13-11-2/h21H,10-20H2,1-9H3. The topological polar surface area (TPSA) is 36.9 Å². The summed E-state index contributed by atoms with van der Waals surface area (Å²) in [5, 5.41) is 0. The molecule has 0 N–H and O–H groups in total. The summed E-state index contributed by atoms with van der Waals surface area (Å²) in [7, 11) is 0. The van der Waals surface area contributed by atoms with E-state index in [1.54, 1.807) is 0 Å². The van der Waals surface area contributed by atoms with Gasteiger partial charge >= 0.3 is 0 Å². The van der Waals surface area contributed by atoms with E-state index >= 15 is 0 Å². The van der Waals surface area contributed by atoms with Gasteiger partial charge in [0.2, 0.25) is 5.79 Å².